The van der Waals surface area contributed by atoms with Crippen LogP contribution in [0.2, 0.25) is 13.1 Å². The molecule has 0 fully saturated rings. The summed E-state index contributed by atoms with van der Waals surface area (Å²) in [5, 5.41) is 0. The molecule has 0 aliphatic heterocycles. The average molecular weight is 451 g/mol. The number of hydrogen-bond donors (Lipinski definition) is 0. The standard InChI is InChI=1S/C18H13.C2H7Si.2ClH.Zr/c1-2-6-13(5-1)14-9-10-18-16(11-14)12-15-7-3-4-8-17(15)18;1-3-2;;;/h1-5,7-10H,6,12H2;3H,1-2H3;2*1H;/q;;;;+2/p-2. The molecule has 2 aromatic carbocycles. The van der Waals surface area contributed by atoms with Gasteiger partial charge in [-0.05, 0) is 0 Å². The Morgan fingerprint density at radius 3 is 2.38 bits per heavy atom. The first kappa shape index (κ1) is 19.9. The first-order valence-corrected chi connectivity index (χ1v) is 16.5. The van der Waals surface area contributed by atoms with Crippen molar-refractivity contribution in [1.29, 1.82) is 0 Å². The van der Waals surface area contributed by atoms with Crippen molar-refractivity contribution in [1.82, 2.24) is 0 Å². The predicted octanol–water partition coefficient (Wildman–Crippen LogP) is -1.70. The largest absolute Gasteiger partial charge is 1.00 e. The number of rotatable bonds is 3. The van der Waals surface area contributed by atoms with Gasteiger partial charge >= 0.3 is 146 Å². The molecule has 2 aliphatic rings. The zero-order valence-corrected chi connectivity index (χ0v) is 19.1. The van der Waals surface area contributed by atoms with Crippen molar-refractivity contribution in [3.63, 3.8) is 0 Å². The first-order valence-electron chi connectivity index (χ1n) is 8.11. The van der Waals surface area contributed by atoms with E-state index in [2.05, 4.69) is 67.7 Å². The topological polar surface area (TPSA) is 0 Å². The van der Waals surface area contributed by atoms with Gasteiger partial charge in [0.25, 0.3) is 0 Å². The van der Waals surface area contributed by atoms with Crippen LogP contribution in [0.15, 0.2) is 54.6 Å². The third-order valence-corrected chi connectivity index (χ3v) is 13.2. The summed E-state index contributed by atoms with van der Waals surface area (Å²) in [4.78, 5) is 0. The van der Waals surface area contributed by atoms with Crippen LogP contribution < -0.4 is 28.1 Å². The van der Waals surface area contributed by atoms with Crippen molar-refractivity contribution < 1.29 is 47.2 Å². The van der Waals surface area contributed by atoms with Gasteiger partial charge in [-0.25, -0.2) is 0 Å². The summed E-state index contributed by atoms with van der Waals surface area (Å²) < 4.78 is 1.81. The van der Waals surface area contributed by atoms with Crippen molar-refractivity contribution in [3.05, 3.63) is 71.3 Å². The third kappa shape index (κ3) is 3.58. The van der Waals surface area contributed by atoms with Crippen LogP contribution in [-0.2, 0) is 28.8 Å². The van der Waals surface area contributed by atoms with Gasteiger partial charge in [0.05, 0.1) is 0 Å². The number of hydrogen-bond acceptors (Lipinski definition) is 0. The second-order valence-electron chi connectivity index (χ2n) is 6.47. The van der Waals surface area contributed by atoms with Crippen molar-refractivity contribution in [2.75, 3.05) is 0 Å². The SMILES string of the molecule is C[SiH](C)[Zr+2][c]1c(C2=CC=CC2)ccc2c1Cc1ccccc1-2.[Cl-].[Cl-]. The molecule has 4 rings (SSSR count). The zero-order chi connectivity index (χ0) is 15.1. The second kappa shape index (κ2) is 8.32. The molecular weight excluding hydrogens is 430 g/mol. The van der Waals surface area contributed by atoms with E-state index in [0.717, 1.165) is 12.8 Å². The van der Waals surface area contributed by atoms with Gasteiger partial charge in [0.1, 0.15) is 0 Å². The molecule has 0 saturated carbocycles. The fourth-order valence-corrected chi connectivity index (χ4v) is 12.3. The van der Waals surface area contributed by atoms with Crippen LogP contribution in [0.25, 0.3) is 16.7 Å². The molecule has 0 unspecified atom stereocenters. The van der Waals surface area contributed by atoms with E-state index in [9.17, 15) is 0 Å². The molecule has 2 aliphatic carbocycles. The summed E-state index contributed by atoms with van der Waals surface area (Å²) in [7, 11) is 0. The molecule has 0 heterocycles. The summed E-state index contributed by atoms with van der Waals surface area (Å²) in [6.45, 7) is 5.08. The first-order chi connectivity index (χ1) is 10.7. The van der Waals surface area contributed by atoms with Gasteiger partial charge in [0, 0.05) is 0 Å². The van der Waals surface area contributed by atoms with Crippen LogP contribution in [0, 0.1) is 0 Å². The van der Waals surface area contributed by atoms with Crippen molar-refractivity contribution in [2.45, 2.75) is 25.9 Å². The molecule has 4 heteroatoms. The van der Waals surface area contributed by atoms with Crippen LogP contribution >= 0.6 is 0 Å². The number of allylic oxidation sites excluding steroid dienone is 4. The Bertz CT molecular complexity index is 809. The van der Waals surface area contributed by atoms with Gasteiger partial charge in [-0.2, -0.15) is 0 Å². The molecule has 122 valence electrons. The van der Waals surface area contributed by atoms with Gasteiger partial charge in [0.15, 0.2) is 0 Å². The van der Waals surface area contributed by atoms with Gasteiger partial charge in [-0.3, -0.25) is 0 Å². The molecule has 24 heavy (non-hydrogen) atoms. The Kier molecular flexibility index (Phi) is 6.90. The van der Waals surface area contributed by atoms with E-state index in [1.807, 2.05) is 3.27 Å². The van der Waals surface area contributed by atoms with Gasteiger partial charge in [0.2, 0.25) is 0 Å². The molecule has 0 spiro atoms. The fraction of sp³-hybridized carbons (Fsp3) is 0.200. The molecule has 0 atom stereocenters. The Morgan fingerprint density at radius 1 is 0.917 bits per heavy atom. The van der Waals surface area contributed by atoms with Crippen molar-refractivity contribution in [2.24, 2.45) is 0 Å². The number of benzene rings is 2. The summed E-state index contributed by atoms with van der Waals surface area (Å²) in [6, 6.07) is 13.8. The maximum absolute atomic E-state index is 2.54. The Hall–Kier alpha value is -0.400. The summed E-state index contributed by atoms with van der Waals surface area (Å²) in [6.07, 6.45) is 9.13. The van der Waals surface area contributed by atoms with E-state index < -0.39 is 28.3 Å². The summed E-state index contributed by atoms with van der Waals surface area (Å²) >= 11 is -0.422. The second-order valence-corrected chi connectivity index (χ2v) is 20.9. The monoisotopic (exact) mass is 448 g/mol. The quantitative estimate of drug-likeness (QED) is 0.418. The van der Waals surface area contributed by atoms with Crippen LogP contribution in [0.5, 0.6) is 0 Å². The minimum atomic E-state index is -0.478. The molecule has 0 amide bonds. The average Bonchev–Trinajstić information content (AvgIpc) is 3.14. The molecule has 2 aromatic rings. The van der Waals surface area contributed by atoms with E-state index >= 15 is 0 Å². The van der Waals surface area contributed by atoms with E-state index in [4.69, 9.17) is 0 Å². The summed E-state index contributed by atoms with van der Waals surface area (Å²) in [5.74, 6) is -0.478. The number of halogens is 2. The zero-order valence-electron chi connectivity index (χ0n) is 13.9. The van der Waals surface area contributed by atoms with Gasteiger partial charge in [-0.1, -0.05) is 0 Å². The molecule has 0 aromatic heterocycles. The predicted molar refractivity (Wildman–Crippen MR) is 94.9 cm³/mol. The Balaban J connectivity index is 0.00000104. The van der Waals surface area contributed by atoms with Crippen LogP contribution in [0.3, 0.4) is 0 Å². The van der Waals surface area contributed by atoms with Crippen molar-refractivity contribution in [3.8, 4) is 11.1 Å². The summed E-state index contributed by atoms with van der Waals surface area (Å²) in [5.41, 5.74) is 9.34. The van der Waals surface area contributed by atoms with Crippen LogP contribution in [-0.4, -0.2) is 5.92 Å². The van der Waals surface area contributed by atoms with Crippen LogP contribution in [0.1, 0.15) is 23.1 Å². The van der Waals surface area contributed by atoms with E-state index in [1.54, 1.807) is 16.7 Å². The van der Waals surface area contributed by atoms with E-state index in [-0.39, 0.29) is 24.8 Å². The van der Waals surface area contributed by atoms with Gasteiger partial charge < -0.3 is 24.8 Å². The van der Waals surface area contributed by atoms with E-state index in [1.165, 1.54) is 16.7 Å². The molecule has 0 nitrogen and oxygen atoms in total. The van der Waals surface area contributed by atoms with Gasteiger partial charge in [-0.15, -0.1) is 0 Å². The number of fused-ring (bicyclic) bond motifs is 3. The maximum Gasteiger partial charge on any atom is -1.00 e. The minimum Gasteiger partial charge on any atom is -1.00 e. The molecule has 0 saturated heterocycles. The normalized spacial score (nSPS) is 13.5. The smallest absolute Gasteiger partial charge is 1.00 e. The van der Waals surface area contributed by atoms with E-state index in [0.29, 0.717) is 0 Å². The molecular formula is C20H20Cl2SiZr. The third-order valence-electron chi connectivity index (χ3n) is 4.54. The molecule has 0 N–H and O–H groups in total. The Labute approximate surface area is 169 Å². The fourth-order valence-electron chi connectivity index (χ4n) is 3.58. The maximum atomic E-state index is 2.54. The molecule has 0 radical (unpaired) electrons. The minimum absolute atomic E-state index is 0. The molecule has 0 bridgehead atoms. The Morgan fingerprint density at radius 2 is 1.67 bits per heavy atom. The van der Waals surface area contributed by atoms with Crippen LogP contribution in [0.4, 0.5) is 0 Å². The van der Waals surface area contributed by atoms with Crippen molar-refractivity contribution >= 4 is 14.8 Å².